The maximum atomic E-state index is 2.39. The van der Waals surface area contributed by atoms with Crippen molar-refractivity contribution in [3.8, 4) is 0 Å². The molecule has 0 aliphatic rings. The van der Waals surface area contributed by atoms with Crippen LogP contribution in [0, 0.1) is 12.8 Å². The van der Waals surface area contributed by atoms with E-state index in [0.29, 0.717) is 0 Å². The molecule has 0 heterocycles. The highest BCUT2D eigenvalue weighted by Gasteiger charge is 1.86. The Bertz CT molecular complexity index is 33.3. The van der Waals surface area contributed by atoms with Crippen molar-refractivity contribution in [1.82, 2.24) is 0 Å². The fraction of sp³-hybridized carbons (Fsp3) is 0.778. The van der Waals surface area contributed by atoms with Crippen molar-refractivity contribution in [3.63, 3.8) is 0 Å². The minimum Gasteiger partial charge on any atom is -0.0654 e. The molecule has 0 spiro atoms. The normalized spacial score (nSPS) is 10.0. The lowest BCUT2D eigenvalue weighted by atomic mass is 10.1. The van der Waals surface area contributed by atoms with Crippen LogP contribution >= 0.6 is 0 Å². The van der Waals surface area contributed by atoms with Crippen LogP contribution in [-0.2, 0) is 0 Å². The second kappa shape index (κ2) is 8.00. The molecular formula is C9H18. The van der Waals surface area contributed by atoms with Crippen LogP contribution < -0.4 is 0 Å². The monoisotopic (exact) mass is 126 g/mol. The fourth-order valence-electron chi connectivity index (χ4n) is 0.777. The zero-order chi connectivity index (χ0) is 6.95. The van der Waals surface area contributed by atoms with Gasteiger partial charge in [0, 0.05) is 0 Å². The molecule has 54 valence electrons. The van der Waals surface area contributed by atoms with Gasteiger partial charge in [-0.25, -0.2) is 0 Å². The first-order chi connectivity index (χ1) is 4.41. The Hall–Kier alpha value is 0. The summed E-state index contributed by atoms with van der Waals surface area (Å²) in [5.74, 6) is 0. The van der Waals surface area contributed by atoms with Crippen molar-refractivity contribution in [3.05, 3.63) is 12.8 Å². The first-order valence-corrected chi connectivity index (χ1v) is 4.01. The van der Waals surface area contributed by atoms with Gasteiger partial charge < -0.3 is 0 Å². The van der Waals surface area contributed by atoms with Crippen molar-refractivity contribution in [2.75, 3.05) is 0 Å². The summed E-state index contributed by atoms with van der Waals surface area (Å²) in [7, 11) is 0. The lowest BCUT2D eigenvalue weighted by Gasteiger charge is -1.95. The van der Waals surface area contributed by atoms with E-state index in [1.54, 1.807) is 0 Å². The second-order valence-corrected chi connectivity index (χ2v) is 2.42. The molecule has 2 radical (unpaired) electrons. The summed E-state index contributed by atoms with van der Waals surface area (Å²) in [6.07, 6.45) is 11.1. The largest absolute Gasteiger partial charge is 0.0654 e. The molecule has 0 N–H and O–H groups in total. The number of hydrogen-bond acceptors (Lipinski definition) is 0. The molecule has 0 amide bonds. The Kier molecular flexibility index (Phi) is 8.00. The maximum Gasteiger partial charge on any atom is -0.0386 e. The molecule has 0 aromatic heterocycles. The summed E-state index contributed by atoms with van der Waals surface area (Å²) >= 11 is 0. The highest BCUT2D eigenvalue weighted by molar-refractivity contribution is 4.68. The summed E-state index contributed by atoms with van der Waals surface area (Å²) in [5, 5.41) is 0. The molecule has 0 nitrogen and oxygen atoms in total. The fourth-order valence-corrected chi connectivity index (χ4v) is 0.777. The van der Waals surface area contributed by atoms with E-state index < -0.39 is 0 Å². The van der Waals surface area contributed by atoms with Crippen molar-refractivity contribution in [1.29, 1.82) is 0 Å². The van der Waals surface area contributed by atoms with E-state index in [-0.39, 0.29) is 0 Å². The number of unbranched alkanes of at least 4 members (excludes halogenated alkanes) is 6. The minimum absolute atomic E-state index is 1.25. The average Bonchev–Trinajstić information content (AvgIpc) is 1.89. The molecule has 0 unspecified atom stereocenters. The van der Waals surface area contributed by atoms with Gasteiger partial charge >= 0.3 is 0 Å². The molecule has 0 aromatic carbocycles. The van der Waals surface area contributed by atoms with Gasteiger partial charge in [0.05, 0.1) is 0 Å². The van der Waals surface area contributed by atoms with Crippen LogP contribution in [0.15, 0.2) is 0 Å². The molecule has 0 saturated heterocycles. The summed E-state index contributed by atoms with van der Waals surface area (Å²) in [4.78, 5) is 0. The number of rotatable bonds is 6. The van der Waals surface area contributed by atoms with E-state index in [1.807, 2.05) is 0 Å². The van der Waals surface area contributed by atoms with Gasteiger partial charge in [0.1, 0.15) is 0 Å². The molecule has 0 bridgehead atoms. The molecule has 0 aromatic rings. The van der Waals surface area contributed by atoms with E-state index in [4.69, 9.17) is 0 Å². The standard InChI is InChI=1S/C9H18/c1-3-5-7-9-8-6-4-2/h3,9H,4-8H2,1-2H3. The van der Waals surface area contributed by atoms with Gasteiger partial charge in [-0.3, -0.25) is 0 Å². The van der Waals surface area contributed by atoms with Crippen LogP contribution in [0.2, 0.25) is 0 Å². The van der Waals surface area contributed by atoms with Crippen LogP contribution in [0.3, 0.4) is 0 Å². The van der Waals surface area contributed by atoms with Crippen molar-refractivity contribution < 1.29 is 0 Å². The predicted molar refractivity (Wildman–Crippen MR) is 43.0 cm³/mol. The Morgan fingerprint density at radius 2 is 1.89 bits per heavy atom. The first-order valence-electron chi connectivity index (χ1n) is 4.01. The van der Waals surface area contributed by atoms with Gasteiger partial charge in [-0.2, -0.15) is 0 Å². The molecule has 0 atom stereocenters. The lowest BCUT2D eigenvalue weighted by Crippen LogP contribution is -1.77. The number of hydrogen-bond donors (Lipinski definition) is 0. The quantitative estimate of drug-likeness (QED) is 0.478. The SMILES string of the molecule is C[CH]CC[CH]CCCC. The van der Waals surface area contributed by atoms with Crippen LogP contribution in [0.25, 0.3) is 0 Å². The molecule has 9 heavy (non-hydrogen) atoms. The van der Waals surface area contributed by atoms with Crippen LogP contribution in [-0.4, -0.2) is 0 Å². The smallest absolute Gasteiger partial charge is 0.0386 e. The minimum atomic E-state index is 1.25. The van der Waals surface area contributed by atoms with E-state index in [2.05, 4.69) is 26.7 Å². The summed E-state index contributed by atoms with van der Waals surface area (Å²) in [6, 6.07) is 0. The zero-order valence-corrected chi connectivity index (χ0v) is 6.69. The second-order valence-electron chi connectivity index (χ2n) is 2.42. The maximum absolute atomic E-state index is 2.39. The van der Waals surface area contributed by atoms with Crippen LogP contribution in [0.4, 0.5) is 0 Å². The van der Waals surface area contributed by atoms with Gasteiger partial charge in [-0.15, -0.1) is 0 Å². The third-order valence-electron chi connectivity index (χ3n) is 1.42. The molecule has 0 aliphatic carbocycles. The third kappa shape index (κ3) is 8.00. The van der Waals surface area contributed by atoms with Crippen molar-refractivity contribution in [2.24, 2.45) is 0 Å². The highest BCUT2D eigenvalue weighted by Crippen LogP contribution is 2.03. The van der Waals surface area contributed by atoms with Crippen molar-refractivity contribution >= 4 is 0 Å². The lowest BCUT2D eigenvalue weighted by molar-refractivity contribution is 0.741. The van der Waals surface area contributed by atoms with Gasteiger partial charge in [0.2, 0.25) is 0 Å². The zero-order valence-electron chi connectivity index (χ0n) is 6.69. The Morgan fingerprint density at radius 3 is 2.44 bits per heavy atom. The third-order valence-corrected chi connectivity index (χ3v) is 1.42. The molecule has 0 saturated carbocycles. The Morgan fingerprint density at radius 1 is 1.11 bits per heavy atom. The average molecular weight is 126 g/mol. The van der Waals surface area contributed by atoms with E-state index >= 15 is 0 Å². The molecule has 0 rings (SSSR count). The van der Waals surface area contributed by atoms with Gasteiger partial charge in [0.15, 0.2) is 0 Å². The highest BCUT2D eigenvalue weighted by atomic mass is 13.9. The first kappa shape index (κ1) is 9.00. The Balaban J connectivity index is 2.60. The summed E-state index contributed by atoms with van der Waals surface area (Å²) < 4.78 is 0. The predicted octanol–water partition coefficient (Wildman–Crippen LogP) is 3.39. The molecule has 0 fully saturated rings. The van der Waals surface area contributed by atoms with Crippen LogP contribution in [0.5, 0.6) is 0 Å². The van der Waals surface area contributed by atoms with Crippen molar-refractivity contribution in [2.45, 2.75) is 46.0 Å². The van der Waals surface area contributed by atoms with Gasteiger partial charge in [-0.05, 0) is 19.3 Å². The van der Waals surface area contributed by atoms with Gasteiger partial charge in [-0.1, -0.05) is 39.5 Å². The molecular weight excluding hydrogens is 108 g/mol. The topological polar surface area (TPSA) is 0 Å². The Labute approximate surface area is 59.7 Å². The van der Waals surface area contributed by atoms with Crippen LogP contribution in [0.1, 0.15) is 46.0 Å². The van der Waals surface area contributed by atoms with E-state index in [9.17, 15) is 0 Å². The molecule has 0 heteroatoms. The summed E-state index contributed by atoms with van der Waals surface area (Å²) in [6.45, 7) is 4.35. The van der Waals surface area contributed by atoms with E-state index in [0.717, 1.165) is 0 Å². The van der Waals surface area contributed by atoms with Gasteiger partial charge in [0.25, 0.3) is 0 Å². The molecule has 0 aliphatic heterocycles. The summed E-state index contributed by atoms with van der Waals surface area (Å²) in [5.41, 5.74) is 0. The van der Waals surface area contributed by atoms with E-state index in [1.165, 1.54) is 32.1 Å².